The van der Waals surface area contributed by atoms with Gasteiger partial charge in [0.25, 0.3) is 0 Å². The highest BCUT2D eigenvalue weighted by Crippen LogP contribution is 2.20. The van der Waals surface area contributed by atoms with Crippen LogP contribution in [0.15, 0.2) is 24.3 Å². The lowest BCUT2D eigenvalue weighted by atomic mass is 10.1. The second-order valence-corrected chi connectivity index (χ2v) is 5.23. The number of benzene rings is 1. The van der Waals surface area contributed by atoms with E-state index in [1.54, 1.807) is 23.1 Å². The van der Waals surface area contributed by atoms with Crippen LogP contribution in [-0.4, -0.2) is 43.4 Å². The van der Waals surface area contributed by atoms with Crippen molar-refractivity contribution in [2.45, 2.75) is 32.3 Å². The third kappa shape index (κ3) is 4.72. The summed E-state index contributed by atoms with van der Waals surface area (Å²) in [6.45, 7) is 4.94. The molecule has 1 fully saturated rings. The van der Waals surface area contributed by atoms with Crippen LogP contribution in [0.3, 0.4) is 0 Å². The van der Waals surface area contributed by atoms with E-state index in [4.69, 9.17) is 4.74 Å². The molecule has 1 amide bonds. The van der Waals surface area contributed by atoms with Gasteiger partial charge in [0.2, 0.25) is 5.91 Å². The topological polar surface area (TPSA) is 61.8 Å². The number of phenolic OH excluding ortho intramolecular Hbond substituents is 1. The Morgan fingerprint density at radius 2 is 2.19 bits per heavy atom. The molecule has 1 aliphatic rings. The third-order valence-corrected chi connectivity index (χ3v) is 3.71. The van der Waals surface area contributed by atoms with Crippen molar-refractivity contribution in [3.8, 4) is 5.75 Å². The van der Waals surface area contributed by atoms with E-state index in [2.05, 4.69) is 5.32 Å². The average molecular weight is 292 g/mol. The molecule has 0 aromatic heterocycles. The van der Waals surface area contributed by atoms with Gasteiger partial charge in [-0.3, -0.25) is 4.79 Å². The number of aromatic hydroxyl groups is 1. The summed E-state index contributed by atoms with van der Waals surface area (Å²) in [6, 6.07) is 6.78. The van der Waals surface area contributed by atoms with Crippen molar-refractivity contribution in [3.05, 3.63) is 24.3 Å². The number of carbonyl (C=O) groups excluding carboxylic acids is 1. The van der Waals surface area contributed by atoms with Gasteiger partial charge >= 0.3 is 0 Å². The largest absolute Gasteiger partial charge is 0.508 e. The number of carbonyl (C=O) groups is 1. The molecule has 21 heavy (non-hydrogen) atoms. The molecule has 5 heteroatoms. The molecule has 0 saturated carbocycles. The first-order valence-electron chi connectivity index (χ1n) is 7.62. The van der Waals surface area contributed by atoms with Gasteiger partial charge in [0, 0.05) is 18.3 Å². The monoisotopic (exact) mass is 292 g/mol. The molecule has 1 aromatic rings. The maximum absolute atomic E-state index is 12.3. The molecule has 0 atom stereocenters. The predicted octanol–water partition coefficient (Wildman–Crippen LogP) is 1.90. The van der Waals surface area contributed by atoms with E-state index in [9.17, 15) is 9.90 Å². The fraction of sp³-hybridized carbons (Fsp3) is 0.562. The Hall–Kier alpha value is -1.59. The molecule has 0 bridgehead atoms. The molecule has 5 nitrogen and oxygen atoms in total. The number of hydrogen-bond donors (Lipinski definition) is 2. The molecule has 1 saturated heterocycles. The first-order chi connectivity index (χ1) is 10.2. The molecule has 1 heterocycles. The Morgan fingerprint density at radius 1 is 1.43 bits per heavy atom. The Morgan fingerprint density at radius 3 is 2.86 bits per heavy atom. The zero-order valence-corrected chi connectivity index (χ0v) is 12.5. The van der Waals surface area contributed by atoms with Crippen molar-refractivity contribution >= 4 is 11.6 Å². The SMILES string of the molecule is CCN(C(=O)CCOC1CCNCC1)c1cccc(O)c1. The van der Waals surface area contributed by atoms with Crippen LogP contribution in [0, 0.1) is 0 Å². The van der Waals surface area contributed by atoms with E-state index in [1.807, 2.05) is 13.0 Å². The molecule has 0 unspecified atom stereocenters. The van der Waals surface area contributed by atoms with Crippen molar-refractivity contribution in [2.24, 2.45) is 0 Å². The average Bonchev–Trinajstić information content (AvgIpc) is 2.49. The smallest absolute Gasteiger partial charge is 0.229 e. The number of nitrogens with one attached hydrogen (secondary N) is 1. The summed E-state index contributed by atoms with van der Waals surface area (Å²) < 4.78 is 5.77. The van der Waals surface area contributed by atoms with E-state index in [0.29, 0.717) is 19.6 Å². The number of ether oxygens (including phenoxy) is 1. The van der Waals surface area contributed by atoms with Crippen LogP contribution < -0.4 is 10.2 Å². The van der Waals surface area contributed by atoms with Gasteiger partial charge < -0.3 is 20.1 Å². The first kappa shape index (κ1) is 15.8. The maximum atomic E-state index is 12.3. The van der Waals surface area contributed by atoms with E-state index in [0.717, 1.165) is 31.6 Å². The zero-order chi connectivity index (χ0) is 15.1. The van der Waals surface area contributed by atoms with Gasteiger partial charge in [-0.25, -0.2) is 0 Å². The van der Waals surface area contributed by atoms with Crippen molar-refractivity contribution in [1.29, 1.82) is 0 Å². The van der Waals surface area contributed by atoms with Crippen molar-refractivity contribution in [2.75, 3.05) is 31.1 Å². The number of hydrogen-bond acceptors (Lipinski definition) is 4. The predicted molar refractivity (Wildman–Crippen MR) is 82.6 cm³/mol. The standard InChI is InChI=1S/C16H24N2O3/c1-2-18(13-4-3-5-14(19)12-13)16(20)8-11-21-15-6-9-17-10-7-15/h3-5,12,15,17,19H,2,6-11H2,1H3. The van der Waals surface area contributed by atoms with Crippen LogP contribution in [-0.2, 0) is 9.53 Å². The van der Waals surface area contributed by atoms with E-state index >= 15 is 0 Å². The molecule has 0 aliphatic carbocycles. The fourth-order valence-electron chi connectivity index (χ4n) is 2.57. The molecular weight excluding hydrogens is 268 g/mol. The van der Waals surface area contributed by atoms with Crippen molar-refractivity contribution in [3.63, 3.8) is 0 Å². The molecular formula is C16H24N2O3. The van der Waals surface area contributed by atoms with Gasteiger partial charge in [0.05, 0.1) is 19.1 Å². The Bertz CT molecular complexity index is 459. The summed E-state index contributed by atoms with van der Waals surface area (Å²) >= 11 is 0. The summed E-state index contributed by atoms with van der Waals surface area (Å²) in [5, 5.41) is 12.8. The number of amides is 1. The van der Waals surface area contributed by atoms with Crippen LogP contribution in [0.1, 0.15) is 26.2 Å². The number of anilines is 1. The quantitative estimate of drug-likeness (QED) is 0.840. The van der Waals surface area contributed by atoms with E-state index in [-0.39, 0.29) is 17.8 Å². The Kier molecular flexibility index (Phi) is 6.02. The summed E-state index contributed by atoms with van der Waals surface area (Å²) in [5.41, 5.74) is 0.726. The fourth-order valence-corrected chi connectivity index (χ4v) is 2.57. The highest BCUT2D eigenvalue weighted by Gasteiger charge is 2.17. The Labute approximate surface area is 125 Å². The van der Waals surface area contributed by atoms with Gasteiger partial charge in [-0.2, -0.15) is 0 Å². The van der Waals surface area contributed by atoms with Gasteiger partial charge in [0.1, 0.15) is 5.75 Å². The van der Waals surface area contributed by atoms with Gasteiger partial charge in [0.15, 0.2) is 0 Å². The summed E-state index contributed by atoms with van der Waals surface area (Å²) in [6.07, 6.45) is 2.67. The van der Waals surface area contributed by atoms with Crippen LogP contribution in [0.5, 0.6) is 5.75 Å². The van der Waals surface area contributed by atoms with E-state index in [1.165, 1.54) is 0 Å². The van der Waals surface area contributed by atoms with Crippen molar-refractivity contribution in [1.82, 2.24) is 5.32 Å². The number of piperidine rings is 1. The third-order valence-electron chi connectivity index (χ3n) is 3.71. The van der Waals surface area contributed by atoms with Crippen LogP contribution in [0.25, 0.3) is 0 Å². The summed E-state index contributed by atoms with van der Waals surface area (Å²) in [7, 11) is 0. The number of rotatable bonds is 6. The number of phenols is 1. The van der Waals surface area contributed by atoms with Gasteiger partial charge in [-0.15, -0.1) is 0 Å². The molecule has 0 spiro atoms. The maximum Gasteiger partial charge on any atom is 0.229 e. The first-order valence-corrected chi connectivity index (χ1v) is 7.62. The van der Waals surface area contributed by atoms with Crippen LogP contribution in [0.4, 0.5) is 5.69 Å². The zero-order valence-electron chi connectivity index (χ0n) is 12.5. The molecule has 1 aromatic carbocycles. The lowest BCUT2D eigenvalue weighted by Crippen LogP contribution is -2.34. The van der Waals surface area contributed by atoms with Gasteiger partial charge in [-0.1, -0.05) is 6.07 Å². The normalized spacial score (nSPS) is 15.9. The Balaban J connectivity index is 1.82. The molecule has 0 radical (unpaired) electrons. The minimum atomic E-state index is 0.0250. The highest BCUT2D eigenvalue weighted by atomic mass is 16.5. The minimum absolute atomic E-state index is 0.0250. The summed E-state index contributed by atoms with van der Waals surface area (Å²) in [4.78, 5) is 14.0. The highest BCUT2D eigenvalue weighted by molar-refractivity contribution is 5.93. The lowest BCUT2D eigenvalue weighted by molar-refractivity contribution is -0.120. The molecule has 1 aliphatic heterocycles. The second kappa shape index (κ2) is 8.00. The number of nitrogens with zero attached hydrogens (tertiary/aromatic N) is 1. The van der Waals surface area contributed by atoms with Crippen molar-refractivity contribution < 1.29 is 14.6 Å². The van der Waals surface area contributed by atoms with Crippen LogP contribution >= 0.6 is 0 Å². The minimum Gasteiger partial charge on any atom is -0.508 e. The second-order valence-electron chi connectivity index (χ2n) is 5.23. The molecule has 2 rings (SSSR count). The van der Waals surface area contributed by atoms with E-state index < -0.39 is 0 Å². The lowest BCUT2D eigenvalue weighted by Gasteiger charge is -2.24. The summed E-state index contributed by atoms with van der Waals surface area (Å²) in [5.74, 6) is 0.196. The van der Waals surface area contributed by atoms with Crippen LogP contribution in [0.2, 0.25) is 0 Å². The molecule has 116 valence electrons. The van der Waals surface area contributed by atoms with Gasteiger partial charge in [-0.05, 0) is 45.0 Å². The molecule has 2 N–H and O–H groups in total.